The molecule has 1 aliphatic rings. The van der Waals surface area contributed by atoms with E-state index in [0.29, 0.717) is 27.3 Å². The summed E-state index contributed by atoms with van der Waals surface area (Å²) < 4.78 is 26.4. The molecule has 2 heterocycles. The number of hydrogen-bond acceptors (Lipinski definition) is 3. The summed E-state index contributed by atoms with van der Waals surface area (Å²) in [5.74, 6) is 0.851. The molecule has 0 bridgehead atoms. The van der Waals surface area contributed by atoms with Crippen LogP contribution in [0.15, 0.2) is 30.3 Å². The molecule has 0 atom stereocenters. The summed E-state index contributed by atoms with van der Waals surface area (Å²) >= 11 is 11.2. The molecule has 106 valence electrons. The van der Waals surface area contributed by atoms with Gasteiger partial charge in [0.15, 0.2) is 16.3 Å². The summed E-state index contributed by atoms with van der Waals surface area (Å²) in [6.07, 6.45) is 0. The van der Waals surface area contributed by atoms with E-state index in [1.54, 1.807) is 10.6 Å². The molecule has 4 nitrogen and oxygen atoms in total. The first kappa shape index (κ1) is 12.7. The summed E-state index contributed by atoms with van der Waals surface area (Å²) in [4.78, 5) is 2.97. The first-order valence-electron chi connectivity index (χ1n) is 6.13. The fourth-order valence-electron chi connectivity index (χ4n) is 2.38. The van der Waals surface area contributed by atoms with Gasteiger partial charge in [0, 0.05) is 12.1 Å². The van der Waals surface area contributed by atoms with E-state index in [1.165, 1.54) is 6.07 Å². The van der Waals surface area contributed by atoms with Crippen molar-refractivity contribution in [3.05, 3.63) is 45.9 Å². The molecule has 0 amide bonds. The maximum atomic E-state index is 13.5. The third kappa shape index (κ3) is 1.91. The summed E-state index contributed by atoms with van der Waals surface area (Å²) in [5, 5.41) is 0.0472. The van der Waals surface area contributed by atoms with Crippen molar-refractivity contribution in [2.75, 3.05) is 6.79 Å². The summed E-state index contributed by atoms with van der Waals surface area (Å²) in [6, 6.07) is 8.36. The number of aromatic amines is 1. The molecule has 0 fully saturated rings. The lowest BCUT2D eigenvalue weighted by atomic mass is 10.2. The normalized spacial score (nSPS) is 13.0. The molecule has 1 N–H and O–H groups in total. The Bertz CT molecular complexity index is 935. The average molecular weight is 323 g/mol. The van der Waals surface area contributed by atoms with Crippen LogP contribution in [0.2, 0.25) is 5.02 Å². The maximum absolute atomic E-state index is 13.5. The highest BCUT2D eigenvalue weighted by atomic mass is 35.5. The van der Waals surface area contributed by atoms with E-state index in [4.69, 9.17) is 33.3 Å². The van der Waals surface area contributed by atoms with Gasteiger partial charge in [0.05, 0.1) is 21.7 Å². The molecule has 0 aliphatic carbocycles. The Hall–Kier alpha value is -2.05. The molecular weight excluding hydrogens is 315 g/mol. The standard InChI is InChI=1S/C14H8ClFN2O2S/c15-8-4-11-10(5-9(8)16)17-14(21)18(11)7-1-2-12-13(3-7)20-6-19-12/h1-5H,6H2,(H,17,21). The second-order valence-corrected chi connectivity index (χ2v) is 5.38. The fourth-order valence-corrected chi connectivity index (χ4v) is 2.85. The quantitative estimate of drug-likeness (QED) is 0.682. The number of halogens is 2. The van der Waals surface area contributed by atoms with Gasteiger partial charge in [-0.3, -0.25) is 4.57 Å². The van der Waals surface area contributed by atoms with Gasteiger partial charge in [0.2, 0.25) is 6.79 Å². The third-order valence-corrected chi connectivity index (χ3v) is 3.91. The minimum atomic E-state index is -0.488. The monoisotopic (exact) mass is 322 g/mol. The van der Waals surface area contributed by atoms with Gasteiger partial charge >= 0.3 is 0 Å². The molecule has 0 spiro atoms. The molecule has 21 heavy (non-hydrogen) atoms. The molecule has 1 aliphatic heterocycles. The van der Waals surface area contributed by atoms with Crippen LogP contribution < -0.4 is 9.47 Å². The highest BCUT2D eigenvalue weighted by Crippen LogP contribution is 2.35. The highest BCUT2D eigenvalue weighted by molar-refractivity contribution is 7.71. The molecule has 1 aromatic heterocycles. The zero-order valence-corrected chi connectivity index (χ0v) is 12.1. The number of fused-ring (bicyclic) bond motifs is 2. The predicted molar refractivity (Wildman–Crippen MR) is 79.6 cm³/mol. The van der Waals surface area contributed by atoms with Crippen LogP contribution in [0.25, 0.3) is 16.7 Å². The van der Waals surface area contributed by atoms with Gasteiger partial charge in [-0.15, -0.1) is 0 Å². The molecular formula is C14H8ClFN2O2S. The van der Waals surface area contributed by atoms with Crippen LogP contribution >= 0.6 is 23.8 Å². The van der Waals surface area contributed by atoms with Gasteiger partial charge in [-0.05, 0) is 30.4 Å². The van der Waals surface area contributed by atoms with E-state index in [-0.39, 0.29) is 11.8 Å². The van der Waals surface area contributed by atoms with Gasteiger partial charge in [0.1, 0.15) is 5.82 Å². The van der Waals surface area contributed by atoms with Gasteiger partial charge in [0.25, 0.3) is 0 Å². The largest absolute Gasteiger partial charge is 0.454 e. The number of rotatable bonds is 1. The Balaban J connectivity index is 2.00. The molecule has 0 saturated carbocycles. The number of H-pyrrole nitrogens is 1. The molecule has 2 aromatic carbocycles. The van der Waals surface area contributed by atoms with Crippen molar-refractivity contribution in [2.24, 2.45) is 0 Å². The van der Waals surface area contributed by atoms with Crippen LogP contribution in [0.4, 0.5) is 4.39 Å². The first-order valence-corrected chi connectivity index (χ1v) is 6.92. The molecule has 0 radical (unpaired) electrons. The van der Waals surface area contributed by atoms with Crippen molar-refractivity contribution in [3.8, 4) is 17.2 Å². The summed E-state index contributed by atoms with van der Waals surface area (Å²) in [5.41, 5.74) is 2.07. The first-order chi connectivity index (χ1) is 10.1. The smallest absolute Gasteiger partial charge is 0.231 e. The van der Waals surface area contributed by atoms with Crippen LogP contribution in [0.5, 0.6) is 11.5 Å². The van der Waals surface area contributed by atoms with E-state index in [1.807, 2.05) is 18.2 Å². The lowest BCUT2D eigenvalue weighted by Crippen LogP contribution is -1.94. The topological polar surface area (TPSA) is 39.2 Å². The SMILES string of the molecule is Fc1cc2[nH]c(=S)n(-c3ccc4c(c3)OCO4)c2cc1Cl. The number of benzene rings is 2. The van der Waals surface area contributed by atoms with Crippen LogP contribution in [-0.4, -0.2) is 16.3 Å². The maximum Gasteiger partial charge on any atom is 0.231 e. The van der Waals surface area contributed by atoms with Crippen LogP contribution in [0, 0.1) is 10.6 Å². The van der Waals surface area contributed by atoms with E-state index in [0.717, 1.165) is 5.69 Å². The van der Waals surface area contributed by atoms with Crippen LogP contribution in [0.3, 0.4) is 0 Å². The lowest BCUT2D eigenvalue weighted by molar-refractivity contribution is 0.174. The van der Waals surface area contributed by atoms with E-state index < -0.39 is 5.82 Å². The van der Waals surface area contributed by atoms with Crippen molar-refractivity contribution in [3.63, 3.8) is 0 Å². The second kappa shape index (κ2) is 4.47. The minimum absolute atomic E-state index is 0.0472. The zero-order valence-electron chi connectivity index (χ0n) is 10.5. The van der Waals surface area contributed by atoms with Crippen molar-refractivity contribution >= 4 is 34.9 Å². The number of aromatic nitrogens is 2. The number of hydrogen-bond donors (Lipinski definition) is 1. The van der Waals surface area contributed by atoms with Crippen molar-refractivity contribution in [1.82, 2.24) is 9.55 Å². The van der Waals surface area contributed by atoms with Gasteiger partial charge in [-0.2, -0.15) is 0 Å². The minimum Gasteiger partial charge on any atom is -0.454 e. The molecule has 3 aromatic rings. The molecule has 0 saturated heterocycles. The third-order valence-electron chi connectivity index (χ3n) is 3.34. The summed E-state index contributed by atoms with van der Waals surface area (Å²) in [7, 11) is 0. The van der Waals surface area contributed by atoms with Crippen molar-refractivity contribution < 1.29 is 13.9 Å². The fraction of sp³-hybridized carbons (Fsp3) is 0.0714. The predicted octanol–water partition coefficient (Wildman–Crippen LogP) is 4.21. The zero-order chi connectivity index (χ0) is 14.6. The number of nitrogens with one attached hydrogen (secondary N) is 1. The van der Waals surface area contributed by atoms with Gasteiger partial charge in [-0.1, -0.05) is 11.6 Å². The summed E-state index contributed by atoms with van der Waals surface area (Å²) in [6.45, 7) is 0.203. The van der Waals surface area contributed by atoms with E-state index >= 15 is 0 Å². The Kier molecular flexibility index (Phi) is 2.70. The number of imidazole rings is 1. The lowest BCUT2D eigenvalue weighted by Gasteiger charge is -2.06. The Morgan fingerprint density at radius 2 is 2.00 bits per heavy atom. The average Bonchev–Trinajstić information content (AvgIpc) is 3.02. The Morgan fingerprint density at radius 3 is 2.86 bits per heavy atom. The molecule has 7 heteroatoms. The van der Waals surface area contributed by atoms with Gasteiger partial charge < -0.3 is 14.5 Å². The Morgan fingerprint density at radius 1 is 1.19 bits per heavy atom. The molecule has 4 rings (SSSR count). The number of nitrogens with zero attached hydrogens (tertiary/aromatic N) is 1. The van der Waals surface area contributed by atoms with Gasteiger partial charge in [-0.25, -0.2) is 4.39 Å². The highest BCUT2D eigenvalue weighted by Gasteiger charge is 2.16. The molecule has 0 unspecified atom stereocenters. The van der Waals surface area contributed by atoms with Crippen LogP contribution in [-0.2, 0) is 0 Å². The Labute approximate surface area is 128 Å². The van der Waals surface area contributed by atoms with E-state index in [9.17, 15) is 4.39 Å². The van der Waals surface area contributed by atoms with E-state index in [2.05, 4.69) is 4.98 Å². The van der Waals surface area contributed by atoms with Crippen molar-refractivity contribution in [1.29, 1.82) is 0 Å². The number of ether oxygens (including phenoxy) is 2. The second-order valence-electron chi connectivity index (χ2n) is 4.59. The van der Waals surface area contributed by atoms with Crippen molar-refractivity contribution in [2.45, 2.75) is 0 Å². The van der Waals surface area contributed by atoms with Crippen LogP contribution in [0.1, 0.15) is 0 Å².